The van der Waals surface area contributed by atoms with Gasteiger partial charge < -0.3 is 21.1 Å². The molecule has 116 valence electrons. The van der Waals surface area contributed by atoms with E-state index in [0.717, 1.165) is 13.0 Å². The summed E-state index contributed by atoms with van der Waals surface area (Å²) in [7, 11) is 1.54. The van der Waals surface area contributed by atoms with Gasteiger partial charge in [-0.1, -0.05) is 13.8 Å². The van der Waals surface area contributed by atoms with Gasteiger partial charge in [-0.05, 0) is 12.3 Å². The molecular weight excluding hydrogens is 288 g/mol. The minimum absolute atomic E-state index is 0.236. The van der Waals surface area contributed by atoms with Gasteiger partial charge in [0.15, 0.2) is 0 Å². The molecule has 1 heterocycles. The van der Waals surface area contributed by atoms with Crippen molar-refractivity contribution in [3.8, 4) is 6.07 Å². The van der Waals surface area contributed by atoms with E-state index in [0.29, 0.717) is 34.5 Å². The lowest BCUT2D eigenvalue weighted by Gasteiger charge is -2.09. The maximum Gasteiger partial charge on any atom is 0.256 e. The molecule has 0 atom stereocenters. The summed E-state index contributed by atoms with van der Waals surface area (Å²) in [6.45, 7) is 6.27. The van der Waals surface area contributed by atoms with Gasteiger partial charge in [0.1, 0.15) is 15.9 Å². The second-order valence-electron chi connectivity index (χ2n) is 4.99. The zero-order valence-corrected chi connectivity index (χ0v) is 13.5. The first-order chi connectivity index (χ1) is 10.0. The molecule has 0 spiro atoms. The Hall–Kier alpha value is -1.78. The Morgan fingerprint density at radius 3 is 2.81 bits per heavy atom. The van der Waals surface area contributed by atoms with Gasteiger partial charge in [0, 0.05) is 26.8 Å². The Labute approximate surface area is 129 Å². The predicted molar refractivity (Wildman–Crippen MR) is 85.6 cm³/mol. The van der Waals surface area contributed by atoms with E-state index in [1.54, 1.807) is 0 Å². The molecule has 0 aliphatic rings. The van der Waals surface area contributed by atoms with E-state index in [-0.39, 0.29) is 11.6 Å². The topological polar surface area (TPSA) is 100 Å². The van der Waals surface area contributed by atoms with Crippen LogP contribution in [-0.2, 0) is 4.74 Å². The molecule has 0 aliphatic heterocycles. The summed E-state index contributed by atoms with van der Waals surface area (Å²) in [4.78, 5) is 12.2. The van der Waals surface area contributed by atoms with Crippen LogP contribution in [0.3, 0.4) is 0 Å². The normalized spacial score (nSPS) is 10.4. The van der Waals surface area contributed by atoms with Gasteiger partial charge in [-0.25, -0.2) is 0 Å². The van der Waals surface area contributed by atoms with Crippen LogP contribution < -0.4 is 16.4 Å². The first-order valence-electron chi connectivity index (χ1n) is 6.87. The smallest absolute Gasteiger partial charge is 0.256 e. The van der Waals surface area contributed by atoms with Crippen molar-refractivity contribution in [1.82, 2.24) is 5.32 Å². The van der Waals surface area contributed by atoms with Crippen LogP contribution in [0.15, 0.2) is 0 Å². The van der Waals surface area contributed by atoms with Gasteiger partial charge in [-0.15, -0.1) is 11.3 Å². The van der Waals surface area contributed by atoms with E-state index in [9.17, 15) is 4.79 Å². The maximum absolute atomic E-state index is 11.8. The third-order valence-electron chi connectivity index (χ3n) is 2.70. The number of ether oxygens (including phenoxy) is 1. The van der Waals surface area contributed by atoms with E-state index in [1.807, 2.05) is 6.07 Å². The van der Waals surface area contributed by atoms with Gasteiger partial charge in [-0.2, -0.15) is 5.26 Å². The highest BCUT2D eigenvalue weighted by Crippen LogP contribution is 2.35. The summed E-state index contributed by atoms with van der Waals surface area (Å²) in [5.74, 6) is 0.233. The molecule has 1 amide bonds. The maximum atomic E-state index is 11.8. The minimum Gasteiger partial charge on any atom is -0.396 e. The monoisotopic (exact) mass is 310 g/mol. The first-order valence-corrected chi connectivity index (χ1v) is 7.69. The summed E-state index contributed by atoms with van der Waals surface area (Å²) in [6.07, 6.45) is 0.819. The molecular formula is C14H22N4O2S. The summed E-state index contributed by atoms with van der Waals surface area (Å²) in [5.41, 5.74) is 6.42. The van der Waals surface area contributed by atoms with Crippen molar-refractivity contribution in [2.45, 2.75) is 20.3 Å². The Bertz CT molecular complexity index is 520. The summed E-state index contributed by atoms with van der Waals surface area (Å²) < 4.78 is 5.49. The molecule has 1 aromatic rings. The zero-order valence-electron chi connectivity index (χ0n) is 12.7. The molecule has 1 aromatic heterocycles. The molecule has 0 aliphatic carbocycles. The van der Waals surface area contributed by atoms with Crippen LogP contribution in [0.4, 0.5) is 10.7 Å². The van der Waals surface area contributed by atoms with Crippen molar-refractivity contribution in [3.05, 3.63) is 10.4 Å². The van der Waals surface area contributed by atoms with E-state index >= 15 is 0 Å². The fraction of sp³-hybridized carbons (Fsp3) is 0.571. The Morgan fingerprint density at radius 2 is 2.24 bits per heavy atom. The summed E-state index contributed by atoms with van der Waals surface area (Å²) in [5, 5.41) is 15.3. The average Bonchev–Trinajstić information content (AvgIpc) is 2.77. The van der Waals surface area contributed by atoms with Gasteiger partial charge in [0.2, 0.25) is 0 Å². The number of nitrogen functional groups attached to an aromatic ring is 1. The molecule has 21 heavy (non-hydrogen) atoms. The summed E-state index contributed by atoms with van der Waals surface area (Å²) >= 11 is 1.20. The third kappa shape index (κ3) is 4.92. The van der Waals surface area contributed by atoms with Crippen molar-refractivity contribution in [2.75, 3.05) is 37.9 Å². The van der Waals surface area contributed by atoms with Gasteiger partial charge in [0.25, 0.3) is 5.91 Å². The van der Waals surface area contributed by atoms with Gasteiger partial charge >= 0.3 is 0 Å². The minimum atomic E-state index is -0.288. The van der Waals surface area contributed by atoms with Crippen LogP contribution in [-0.4, -0.2) is 32.7 Å². The van der Waals surface area contributed by atoms with Gasteiger partial charge in [-0.3, -0.25) is 4.79 Å². The Balaban J connectivity index is 2.58. The molecule has 1 rings (SSSR count). The van der Waals surface area contributed by atoms with E-state index in [1.165, 1.54) is 18.4 Å². The molecule has 0 fully saturated rings. The van der Waals surface area contributed by atoms with Crippen LogP contribution >= 0.6 is 11.3 Å². The fourth-order valence-electron chi connectivity index (χ4n) is 1.70. The molecule has 0 bridgehead atoms. The highest BCUT2D eigenvalue weighted by Gasteiger charge is 2.20. The van der Waals surface area contributed by atoms with Crippen LogP contribution in [0.2, 0.25) is 0 Å². The Morgan fingerprint density at radius 1 is 1.52 bits per heavy atom. The molecule has 7 heteroatoms. The highest BCUT2D eigenvalue weighted by atomic mass is 32.1. The van der Waals surface area contributed by atoms with Crippen molar-refractivity contribution in [3.63, 3.8) is 0 Å². The van der Waals surface area contributed by atoms with E-state index in [2.05, 4.69) is 24.5 Å². The number of carbonyl (C=O) groups is 1. The van der Waals surface area contributed by atoms with Crippen molar-refractivity contribution in [2.24, 2.45) is 5.92 Å². The standard InChI is InChI=1S/C14H22N4O2S/c1-9(2)8-20-6-4-5-18-14-11(13(19)17-3)12(16)10(7-15)21-14/h9,18H,4-6,8,16H2,1-3H3,(H,17,19). The second kappa shape index (κ2) is 8.49. The van der Waals surface area contributed by atoms with Gasteiger partial charge in [0.05, 0.1) is 11.3 Å². The number of nitrogens with zero attached hydrogens (tertiary/aromatic N) is 1. The quantitative estimate of drug-likeness (QED) is 0.638. The molecule has 4 N–H and O–H groups in total. The van der Waals surface area contributed by atoms with Crippen LogP contribution in [0, 0.1) is 17.2 Å². The largest absolute Gasteiger partial charge is 0.396 e. The number of amides is 1. The SMILES string of the molecule is CNC(=O)c1c(NCCCOCC(C)C)sc(C#N)c1N. The van der Waals surface area contributed by atoms with E-state index in [4.69, 9.17) is 15.7 Å². The molecule has 0 saturated carbocycles. The molecule has 0 saturated heterocycles. The lowest BCUT2D eigenvalue weighted by Crippen LogP contribution is -2.20. The number of thiophene rings is 1. The highest BCUT2D eigenvalue weighted by molar-refractivity contribution is 7.17. The second-order valence-corrected chi connectivity index (χ2v) is 6.01. The van der Waals surface area contributed by atoms with Crippen molar-refractivity contribution < 1.29 is 9.53 Å². The third-order valence-corrected chi connectivity index (χ3v) is 3.77. The number of hydrogen-bond donors (Lipinski definition) is 3. The van der Waals surface area contributed by atoms with Crippen molar-refractivity contribution in [1.29, 1.82) is 5.26 Å². The lowest BCUT2D eigenvalue weighted by atomic mass is 10.2. The molecule has 6 nitrogen and oxygen atoms in total. The zero-order chi connectivity index (χ0) is 15.8. The number of nitrogens with one attached hydrogen (secondary N) is 2. The molecule has 0 unspecified atom stereocenters. The molecule has 0 radical (unpaired) electrons. The Kier molecular flexibility index (Phi) is 6.99. The van der Waals surface area contributed by atoms with Crippen LogP contribution in [0.1, 0.15) is 35.5 Å². The average molecular weight is 310 g/mol. The fourth-order valence-corrected chi connectivity index (χ4v) is 2.64. The van der Waals surface area contributed by atoms with Crippen LogP contribution in [0.5, 0.6) is 0 Å². The number of carbonyl (C=O) groups excluding carboxylic acids is 1. The van der Waals surface area contributed by atoms with Crippen LogP contribution in [0.25, 0.3) is 0 Å². The number of anilines is 2. The summed E-state index contributed by atoms with van der Waals surface area (Å²) in [6, 6.07) is 2.01. The predicted octanol–water partition coefficient (Wildman–Crippen LogP) is 2.04. The molecule has 0 aromatic carbocycles. The number of hydrogen-bond acceptors (Lipinski definition) is 6. The number of rotatable bonds is 8. The number of nitrogens with two attached hydrogens (primary N) is 1. The van der Waals surface area contributed by atoms with E-state index < -0.39 is 0 Å². The lowest BCUT2D eigenvalue weighted by molar-refractivity contribution is 0.0965. The number of nitriles is 1. The first kappa shape index (κ1) is 17.3. The van der Waals surface area contributed by atoms with Crippen molar-refractivity contribution >= 4 is 27.9 Å².